The second-order valence-electron chi connectivity index (χ2n) is 7.59. The van der Waals surface area contributed by atoms with Gasteiger partial charge in [-0.15, -0.1) is 0 Å². The molecular formula is C21H25ClN4O. The van der Waals surface area contributed by atoms with E-state index in [4.69, 9.17) is 16.6 Å². The van der Waals surface area contributed by atoms with Crippen molar-refractivity contribution in [3.05, 3.63) is 46.8 Å². The summed E-state index contributed by atoms with van der Waals surface area (Å²) in [5, 5.41) is 11.0. The van der Waals surface area contributed by atoms with Gasteiger partial charge in [-0.1, -0.05) is 30.7 Å². The lowest BCUT2D eigenvalue weighted by Crippen LogP contribution is -2.26. The van der Waals surface area contributed by atoms with Crippen molar-refractivity contribution in [2.75, 3.05) is 5.32 Å². The van der Waals surface area contributed by atoms with E-state index in [1.54, 1.807) is 0 Å². The number of aliphatic imine (C=N–C) groups is 1. The molecule has 6 heteroatoms. The number of halogens is 1. The quantitative estimate of drug-likeness (QED) is 0.744. The predicted molar refractivity (Wildman–Crippen MR) is 109 cm³/mol. The molecule has 1 unspecified atom stereocenters. The van der Waals surface area contributed by atoms with Crippen molar-refractivity contribution < 1.29 is 4.79 Å². The standard InChI is InChI=1S/C21H25ClN4O/c1-2-17(21(27)24-20-12-18(25-26-20)14-6-7-14)19-11-13-4-3-5-15(22)8-9-16(10-13)23-19/h5,8-9,11-14,17H,2-4,6-7,10H2,1H3,(H2,24,25,26,27)/b9-8-,15-5+/t13?,17-/m1/s1. The number of aromatic nitrogens is 2. The summed E-state index contributed by atoms with van der Waals surface area (Å²) in [7, 11) is 0. The number of carbonyl (C=O) groups excluding carboxylic acids is 1. The van der Waals surface area contributed by atoms with E-state index in [0.29, 0.717) is 24.1 Å². The Hall–Kier alpha value is -2.14. The summed E-state index contributed by atoms with van der Waals surface area (Å²) in [5.74, 6) is 1.26. The Balaban J connectivity index is 1.51. The van der Waals surface area contributed by atoms with Crippen molar-refractivity contribution in [1.29, 1.82) is 0 Å². The smallest absolute Gasteiger partial charge is 0.234 e. The van der Waals surface area contributed by atoms with E-state index in [1.165, 1.54) is 12.8 Å². The van der Waals surface area contributed by atoms with E-state index in [9.17, 15) is 4.79 Å². The molecule has 2 atom stereocenters. The molecule has 2 heterocycles. The van der Waals surface area contributed by atoms with E-state index < -0.39 is 0 Å². The highest BCUT2D eigenvalue weighted by Crippen LogP contribution is 2.39. The van der Waals surface area contributed by atoms with Crippen molar-refractivity contribution >= 4 is 29.0 Å². The third-order valence-corrected chi connectivity index (χ3v) is 5.69. The van der Waals surface area contributed by atoms with Crippen LogP contribution in [0.25, 0.3) is 0 Å². The summed E-state index contributed by atoms with van der Waals surface area (Å²) in [6.07, 6.45) is 14.1. The average molecular weight is 385 g/mol. The van der Waals surface area contributed by atoms with Crippen molar-refractivity contribution in [1.82, 2.24) is 10.2 Å². The number of nitrogens with zero attached hydrogens (tertiary/aromatic N) is 2. The molecule has 0 saturated heterocycles. The van der Waals surface area contributed by atoms with Gasteiger partial charge in [0.05, 0.1) is 5.92 Å². The van der Waals surface area contributed by atoms with Gasteiger partial charge in [0.1, 0.15) is 0 Å². The SMILES string of the molecule is CC[C@@H](C(=O)Nc1cc(C2CC2)[nH]n1)C1=CC2CC/C=C(Cl)\C=C/C(=N1)C2. The van der Waals surface area contributed by atoms with Gasteiger partial charge < -0.3 is 5.32 Å². The Morgan fingerprint density at radius 1 is 1.37 bits per heavy atom. The zero-order valence-electron chi connectivity index (χ0n) is 15.5. The van der Waals surface area contributed by atoms with Gasteiger partial charge in [0.2, 0.25) is 5.91 Å². The summed E-state index contributed by atoms with van der Waals surface area (Å²) < 4.78 is 0. The Morgan fingerprint density at radius 3 is 3.00 bits per heavy atom. The fourth-order valence-electron chi connectivity index (χ4n) is 3.73. The number of carbonyl (C=O) groups is 1. The molecule has 0 aromatic carbocycles. The van der Waals surface area contributed by atoms with Crippen LogP contribution in [0.3, 0.4) is 0 Å². The van der Waals surface area contributed by atoms with E-state index >= 15 is 0 Å². The second kappa shape index (κ2) is 7.85. The molecule has 0 spiro atoms. The number of rotatable bonds is 5. The maximum absolute atomic E-state index is 12.9. The molecule has 1 fully saturated rings. The predicted octanol–water partition coefficient (Wildman–Crippen LogP) is 5.07. The van der Waals surface area contributed by atoms with Gasteiger partial charge in [-0.05, 0) is 56.6 Å². The lowest BCUT2D eigenvalue weighted by Gasteiger charge is -2.23. The highest BCUT2D eigenvalue weighted by atomic mass is 35.5. The maximum atomic E-state index is 12.9. The Morgan fingerprint density at radius 2 is 2.22 bits per heavy atom. The largest absolute Gasteiger partial charge is 0.309 e. The zero-order chi connectivity index (χ0) is 18.8. The zero-order valence-corrected chi connectivity index (χ0v) is 16.3. The average Bonchev–Trinajstić information content (AvgIpc) is 3.39. The molecule has 1 aromatic rings. The first kappa shape index (κ1) is 18.2. The van der Waals surface area contributed by atoms with Crippen molar-refractivity contribution in [2.45, 2.75) is 51.4 Å². The fourth-order valence-corrected chi connectivity index (χ4v) is 3.90. The minimum absolute atomic E-state index is 0.0450. The third kappa shape index (κ3) is 4.41. The fraction of sp³-hybridized carbons (Fsp3) is 0.476. The normalized spacial score (nSPS) is 26.4. The van der Waals surface area contributed by atoms with E-state index in [2.05, 4.69) is 21.6 Å². The van der Waals surface area contributed by atoms with Crippen LogP contribution in [0.2, 0.25) is 0 Å². The topological polar surface area (TPSA) is 70.1 Å². The molecule has 1 aromatic heterocycles. The number of hydrogen-bond acceptors (Lipinski definition) is 3. The van der Waals surface area contributed by atoms with Crippen LogP contribution in [0.4, 0.5) is 5.82 Å². The van der Waals surface area contributed by atoms with E-state index in [0.717, 1.165) is 41.4 Å². The summed E-state index contributed by atoms with van der Waals surface area (Å²) in [6, 6.07) is 1.95. The third-order valence-electron chi connectivity index (χ3n) is 5.41. The minimum atomic E-state index is -0.276. The number of allylic oxidation sites excluding steroid dienone is 5. The first-order chi connectivity index (χ1) is 13.1. The maximum Gasteiger partial charge on any atom is 0.234 e. The van der Waals surface area contributed by atoms with Gasteiger partial charge in [0.25, 0.3) is 0 Å². The number of aromatic amines is 1. The number of amides is 1. The number of H-pyrrole nitrogens is 1. The molecule has 1 saturated carbocycles. The van der Waals surface area contributed by atoms with Crippen LogP contribution in [0.1, 0.15) is 57.1 Å². The van der Waals surface area contributed by atoms with Gasteiger partial charge in [-0.25, -0.2) is 0 Å². The van der Waals surface area contributed by atoms with Crippen LogP contribution >= 0.6 is 11.6 Å². The van der Waals surface area contributed by atoms with Gasteiger partial charge >= 0.3 is 0 Å². The number of anilines is 1. The molecule has 142 valence electrons. The summed E-state index contributed by atoms with van der Waals surface area (Å²) in [5.41, 5.74) is 2.97. The van der Waals surface area contributed by atoms with Gasteiger partial charge in [0.15, 0.2) is 5.82 Å². The number of fused-ring (bicyclic) bond motifs is 2. The first-order valence-corrected chi connectivity index (χ1v) is 10.2. The Bertz CT molecular complexity index is 844. The first-order valence-electron chi connectivity index (χ1n) is 9.81. The molecule has 1 amide bonds. The lowest BCUT2D eigenvalue weighted by atomic mass is 9.89. The van der Waals surface area contributed by atoms with Gasteiger partial charge in [0, 0.05) is 34.1 Å². The number of nitrogens with one attached hydrogen (secondary N) is 2. The van der Waals surface area contributed by atoms with Crippen LogP contribution in [-0.2, 0) is 4.79 Å². The van der Waals surface area contributed by atoms with Crippen LogP contribution in [-0.4, -0.2) is 21.8 Å². The molecule has 2 aliphatic carbocycles. The van der Waals surface area contributed by atoms with Crippen molar-refractivity contribution in [2.24, 2.45) is 16.8 Å². The molecule has 5 nitrogen and oxygen atoms in total. The molecule has 3 aliphatic rings. The lowest BCUT2D eigenvalue weighted by molar-refractivity contribution is -0.118. The number of hydrogen-bond donors (Lipinski definition) is 2. The summed E-state index contributed by atoms with van der Waals surface area (Å²) in [6.45, 7) is 2.02. The monoisotopic (exact) mass is 384 g/mol. The minimum Gasteiger partial charge on any atom is -0.309 e. The van der Waals surface area contributed by atoms with Crippen LogP contribution < -0.4 is 5.32 Å². The van der Waals surface area contributed by atoms with Gasteiger partial charge in [-0.3, -0.25) is 14.9 Å². The molecule has 4 rings (SSSR count). The second-order valence-corrected chi connectivity index (χ2v) is 8.03. The molecular weight excluding hydrogens is 360 g/mol. The molecule has 2 bridgehead atoms. The van der Waals surface area contributed by atoms with E-state index in [-0.39, 0.29) is 11.8 Å². The summed E-state index contributed by atoms with van der Waals surface area (Å²) in [4.78, 5) is 17.7. The van der Waals surface area contributed by atoms with Gasteiger partial charge in [-0.2, -0.15) is 5.10 Å². The molecule has 2 N–H and O–H groups in total. The van der Waals surface area contributed by atoms with Crippen molar-refractivity contribution in [3.63, 3.8) is 0 Å². The van der Waals surface area contributed by atoms with E-state index in [1.807, 2.05) is 31.2 Å². The summed E-state index contributed by atoms with van der Waals surface area (Å²) >= 11 is 6.18. The van der Waals surface area contributed by atoms with Crippen LogP contribution in [0.5, 0.6) is 0 Å². The molecule has 1 aliphatic heterocycles. The van der Waals surface area contributed by atoms with Crippen LogP contribution in [0.15, 0.2) is 46.1 Å². The Labute approximate surface area is 164 Å². The highest BCUT2D eigenvalue weighted by Gasteiger charge is 2.28. The van der Waals surface area contributed by atoms with Crippen LogP contribution in [0, 0.1) is 11.8 Å². The molecule has 0 radical (unpaired) electrons. The molecule has 27 heavy (non-hydrogen) atoms. The van der Waals surface area contributed by atoms with Crippen molar-refractivity contribution in [3.8, 4) is 0 Å². The Kier molecular flexibility index (Phi) is 5.30. The highest BCUT2D eigenvalue weighted by molar-refractivity contribution is 6.31.